The molecule has 3 aliphatic carbocycles. The van der Waals surface area contributed by atoms with E-state index in [2.05, 4.69) is 17.6 Å². The number of fused-ring (bicyclic) bond motifs is 3. The minimum atomic E-state index is -0.704. The van der Waals surface area contributed by atoms with Crippen LogP contribution < -0.4 is 10.6 Å². The van der Waals surface area contributed by atoms with Crippen molar-refractivity contribution >= 4 is 17.6 Å². The van der Waals surface area contributed by atoms with Crippen LogP contribution in [0, 0.1) is 17.3 Å². The minimum Gasteiger partial charge on any atom is -0.481 e. The van der Waals surface area contributed by atoms with Crippen LogP contribution in [-0.2, 0) is 4.79 Å². The summed E-state index contributed by atoms with van der Waals surface area (Å²) in [4.78, 5) is 24.1. The van der Waals surface area contributed by atoms with E-state index in [-0.39, 0.29) is 23.2 Å². The second-order valence-corrected chi connectivity index (χ2v) is 7.29. The third kappa shape index (κ3) is 1.71. The van der Waals surface area contributed by atoms with Crippen LogP contribution in [0.1, 0.15) is 43.0 Å². The third-order valence-corrected chi connectivity index (χ3v) is 5.97. The summed E-state index contributed by atoms with van der Waals surface area (Å²) in [6, 6.07) is 7.51. The average molecular weight is 300 g/mol. The van der Waals surface area contributed by atoms with E-state index in [0.29, 0.717) is 18.4 Å². The first-order valence-corrected chi connectivity index (χ1v) is 7.86. The van der Waals surface area contributed by atoms with Crippen LogP contribution in [0.5, 0.6) is 0 Å². The zero-order chi connectivity index (χ0) is 15.5. The Morgan fingerprint density at radius 1 is 1.32 bits per heavy atom. The molecule has 3 fully saturated rings. The molecule has 2 bridgehead atoms. The lowest BCUT2D eigenvalue weighted by Crippen LogP contribution is -2.69. The van der Waals surface area contributed by atoms with Gasteiger partial charge in [0, 0.05) is 11.6 Å². The van der Waals surface area contributed by atoms with E-state index in [9.17, 15) is 14.7 Å². The van der Waals surface area contributed by atoms with Crippen molar-refractivity contribution < 1.29 is 14.7 Å². The molecule has 4 atom stereocenters. The number of hydrogen-bond donors (Lipinski definition) is 3. The maximum atomic E-state index is 12.5. The number of nitrogens with one attached hydrogen (secondary N) is 2. The molecule has 22 heavy (non-hydrogen) atoms. The van der Waals surface area contributed by atoms with Gasteiger partial charge in [-0.05, 0) is 43.2 Å². The first-order valence-electron chi connectivity index (χ1n) is 7.86. The number of aliphatic carboxylic acids is 1. The molecule has 1 amide bonds. The number of carboxylic acids is 1. The lowest BCUT2D eigenvalue weighted by molar-refractivity contribution is -0.156. The van der Waals surface area contributed by atoms with Crippen molar-refractivity contribution in [2.75, 3.05) is 5.32 Å². The second kappa shape index (κ2) is 4.24. The molecule has 3 saturated carbocycles. The van der Waals surface area contributed by atoms with E-state index < -0.39 is 11.6 Å². The first-order chi connectivity index (χ1) is 10.4. The van der Waals surface area contributed by atoms with Gasteiger partial charge in [-0.2, -0.15) is 0 Å². The predicted molar refractivity (Wildman–Crippen MR) is 81.5 cm³/mol. The van der Waals surface area contributed by atoms with Crippen LogP contribution in [0.4, 0.5) is 5.69 Å². The largest absolute Gasteiger partial charge is 0.481 e. The smallest absolute Gasteiger partial charge is 0.307 e. The first kappa shape index (κ1) is 13.6. The number of carbonyl (C=O) groups excluding carboxylic acids is 1. The quantitative estimate of drug-likeness (QED) is 0.744. The summed E-state index contributed by atoms with van der Waals surface area (Å²) in [7, 11) is 0. The number of carboxylic acid groups (broad SMARTS) is 1. The van der Waals surface area contributed by atoms with Crippen LogP contribution in [0.15, 0.2) is 24.3 Å². The molecule has 0 saturated heterocycles. The Morgan fingerprint density at radius 2 is 2.09 bits per heavy atom. The van der Waals surface area contributed by atoms with Gasteiger partial charge in [0.2, 0.25) is 0 Å². The monoisotopic (exact) mass is 300 g/mol. The molecule has 5 rings (SSSR count). The Morgan fingerprint density at radius 3 is 2.82 bits per heavy atom. The average Bonchev–Trinajstić information content (AvgIpc) is 2.46. The summed E-state index contributed by atoms with van der Waals surface area (Å²) in [6.07, 6.45) is 3.16. The highest BCUT2D eigenvalue weighted by Gasteiger charge is 2.60. The molecular formula is C17H20N2O3. The van der Waals surface area contributed by atoms with Crippen molar-refractivity contribution in [2.24, 2.45) is 17.3 Å². The van der Waals surface area contributed by atoms with Gasteiger partial charge in [-0.25, -0.2) is 0 Å². The van der Waals surface area contributed by atoms with Crippen LogP contribution in [-0.4, -0.2) is 22.6 Å². The van der Waals surface area contributed by atoms with Gasteiger partial charge < -0.3 is 15.7 Å². The lowest BCUT2D eigenvalue weighted by Gasteiger charge is -2.60. The number of carbonyl (C=O) groups is 2. The highest BCUT2D eigenvalue weighted by molar-refractivity contribution is 6.02. The molecule has 1 aromatic carbocycles. The Balaban J connectivity index is 1.73. The van der Waals surface area contributed by atoms with Gasteiger partial charge >= 0.3 is 5.97 Å². The number of para-hydroxylation sites is 1. The van der Waals surface area contributed by atoms with Crippen LogP contribution in [0.2, 0.25) is 0 Å². The standard InChI is InChI=1S/C17H20N2O3/c1-16-7-6-10(8-12(16)15(21)22)17(9-16)18-13-5-3-2-4-11(13)14(20)19-17/h2-5,10,12,18H,6-9H2,1H3,(H,19,20)(H,21,22)/t10-,12+,16-,17-/m0/s1. The second-order valence-electron chi connectivity index (χ2n) is 7.29. The Hall–Kier alpha value is -2.04. The summed E-state index contributed by atoms with van der Waals surface area (Å²) < 4.78 is 0. The summed E-state index contributed by atoms with van der Waals surface area (Å²) >= 11 is 0. The Kier molecular flexibility index (Phi) is 2.63. The zero-order valence-electron chi connectivity index (χ0n) is 12.6. The number of hydrogen-bond acceptors (Lipinski definition) is 3. The molecule has 1 aliphatic heterocycles. The fraction of sp³-hybridized carbons (Fsp3) is 0.529. The van der Waals surface area contributed by atoms with Crippen LogP contribution in [0.3, 0.4) is 0 Å². The van der Waals surface area contributed by atoms with Gasteiger partial charge in [0.25, 0.3) is 5.91 Å². The summed E-state index contributed by atoms with van der Waals surface area (Å²) in [5.41, 5.74) is 0.751. The zero-order valence-corrected chi connectivity index (χ0v) is 12.6. The maximum Gasteiger partial charge on any atom is 0.307 e. The van der Waals surface area contributed by atoms with Gasteiger partial charge in [-0.3, -0.25) is 9.59 Å². The molecule has 5 nitrogen and oxygen atoms in total. The van der Waals surface area contributed by atoms with Gasteiger partial charge in [0.1, 0.15) is 5.66 Å². The molecule has 3 N–H and O–H groups in total. The highest BCUT2D eigenvalue weighted by atomic mass is 16.4. The van der Waals surface area contributed by atoms with Crippen molar-refractivity contribution in [3.8, 4) is 0 Å². The number of anilines is 1. The molecule has 0 aromatic heterocycles. The van der Waals surface area contributed by atoms with Crippen molar-refractivity contribution in [1.29, 1.82) is 0 Å². The number of benzene rings is 1. The fourth-order valence-electron chi connectivity index (χ4n) is 4.83. The molecule has 1 aromatic rings. The molecule has 0 unspecified atom stereocenters. The van der Waals surface area contributed by atoms with Crippen molar-refractivity contribution in [1.82, 2.24) is 5.32 Å². The van der Waals surface area contributed by atoms with E-state index in [4.69, 9.17) is 0 Å². The SMILES string of the molecule is C[C@@]12CC[C@@H](C[C@@H]1C(=O)O)[C@]1(C2)NC(=O)c2ccccc2N1. The highest BCUT2D eigenvalue weighted by Crippen LogP contribution is 2.58. The summed E-state index contributed by atoms with van der Waals surface area (Å²) in [5.74, 6) is -0.914. The topological polar surface area (TPSA) is 78.4 Å². The molecule has 1 heterocycles. The van der Waals surface area contributed by atoms with Gasteiger partial charge in [0.15, 0.2) is 0 Å². The number of rotatable bonds is 1. The van der Waals surface area contributed by atoms with E-state index in [1.54, 1.807) is 0 Å². The van der Waals surface area contributed by atoms with Crippen LogP contribution >= 0.6 is 0 Å². The summed E-state index contributed by atoms with van der Waals surface area (Å²) in [5, 5.41) is 16.2. The normalized spacial score (nSPS) is 39.0. The van der Waals surface area contributed by atoms with E-state index >= 15 is 0 Å². The molecule has 5 heteroatoms. The van der Waals surface area contributed by atoms with Gasteiger partial charge in [0.05, 0.1) is 11.5 Å². The fourth-order valence-corrected chi connectivity index (χ4v) is 4.83. The Bertz CT molecular complexity index is 674. The predicted octanol–water partition coefficient (Wildman–Crippen LogP) is 2.45. The number of amides is 1. The molecule has 4 aliphatic rings. The van der Waals surface area contributed by atoms with Gasteiger partial charge in [-0.1, -0.05) is 19.1 Å². The molecule has 1 spiro atoms. The van der Waals surface area contributed by atoms with Crippen molar-refractivity contribution in [3.63, 3.8) is 0 Å². The molecule has 0 radical (unpaired) electrons. The Labute approximate surface area is 129 Å². The summed E-state index contributed by atoms with van der Waals surface area (Å²) in [6.45, 7) is 2.05. The third-order valence-electron chi connectivity index (χ3n) is 5.97. The molecular weight excluding hydrogens is 280 g/mol. The minimum absolute atomic E-state index is 0.0580. The molecule has 116 valence electrons. The maximum absolute atomic E-state index is 12.5. The van der Waals surface area contributed by atoms with Gasteiger partial charge in [-0.15, -0.1) is 0 Å². The van der Waals surface area contributed by atoms with E-state index in [1.165, 1.54) is 0 Å². The van der Waals surface area contributed by atoms with Crippen molar-refractivity contribution in [3.05, 3.63) is 29.8 Å². The van der Waals surface area contributed by atoms with Crippen LogP contribution in [0.25, 0.3) is 0 Å². The lowest BCUT2D eigenvalue weighted by atomic mass is 9.51. The van der Waals surface area contributed by atoms with Crippen molar-refractivity contribution in [2.45, 2.75) is 38.3 Å². The van der Waals surface area contributed by atoms with E-state index in [1.807, 2.05) is 24.3 Å². The van der Waals surface area contributed by atoms with E-state index in [0.717, 1.165) is 18.5 Å².